The molecule has 0 spiro atoms. The molecule has 1 aromatic heterocycles. The van der Waals surface area contributed by atoms with E-state index in [-0.39, 0.29) is 0 Å². The summed E-state index contributed by atoms with van der Waals surface area (Å²) in [5, 5.41) is 0. The number of aromatic nitrogens is 1. The maximum atomic E-state index is 4.18. The molecule has 0 atom stereocenters. The molecule has 2 aromatic rings. The molecular weight excluding hydrogens is 276 g/mol. The summed E-state index contributed by atoms with van der Waals surface area (Å²) in [5.41, 5.74) is 2.32. The smallest absolute Gasteiger partial charge is 0.0597 e. The Labute approximate surface area is 110 Å². The highest BCUT2D eigenvalue weighted by Gasteiger charge is 2.08. The van der Waals surface area contributed by atoms with Gasteiger partial charge in [-0.2, -0.15) is 0 Å². The predicted octanol–water partition coefficient (Wildman–Crippen LogP) is 4.39. The molecule has 1 heterocycles. The Balaban J connectivity index is 2.35. The van der Waals surface area contributed by atoms with Crippen molar-refractivity contribution in [3.05, 3.63) is 53.3 Å². The van der Waals surface area contributed by atoms with Crippen LogP contribution >= 0.6 is 15.9 Å². The number of pyridine rings is 1. The molecule has 0 unspecified atom stereocenters. The van der Waals surface area contributed by atoms with Gasteiger partial charge in [-0.3, -0.25) is 4.98 Å². The molecular formula is C14H15BrN2. The Kier molecular flexibility index (Phi) is 4.15. The first-order valence-electron chi connectivity index (χ1n) is 5.74. The molecule has 0 saturated heterocycles. The maximum Gasteiger partial charge on any atom is 0.0597 e. The monoisotopic (exact) mass is 290 g/mol. The van der Waals surface area contributed by atoms with E-state index in [9.17, 15) is 0 Å². The van der Waals surface area contributed by atoms with Gasteiger partial charge in [0.15, 0.2) is 0 Å². The molecule has 0 bridgehead atoms. The van der Waals surface area contributed by atoms with Crippen LogP contribution in [0, 0.1) is 0 Å². The van der Waals surface area contributed by atoms with Crippen LogP contribution in [0.2, 0.25) is 0 Å². The van der Waals surface area contributed by atoms with Crippen LogP contribution in [-0.2, 0) is 0 Å². The largest absolute Gasteiger partial charge is 0.340 e. The van der Waals surface area contributed by atoms with Crippen LogP contribution in [0.3, 0.4) is 0 Å². The summed E-state index contributed by atoms with van der Waals surface area (Å²) in [4.78, 5) is 6.46. The van der Waals surface area contributed by atoms with Crippen LogP contribution in [-0.4, -0.2) is 11.5 Å². The highest BCUT2D eigenvalue weighted by Crippen LogP contribution is 2.27. The van der Waals surface area contributed by atoms with Crippen molar-refractivity contribution in [1.29, 1.82) is 0 Å². The molecule has 0 aliphatic carbocycles. The molecule has 2 rings (SSSR count). The van der Waals surface area contributed by atoms with Gasteiger partial charge in [-0.05, 0) is 36.8 Å². The van der Waals surface area contributed by atoms with E-state index in [2.05, 4.69) is 57.0 Å². The summed E-state index contributed by atoms with van der Waals surface area (Å²) in [5.74, 6) is 0. The zero-order valence-corrected chi connectivity index (χ0v) is 11.4. The normalized spacial score (nSPS) is 10.2. The third kappa shape index (κ3) is 3.07. The summed E-state index contributed by atoms with van der Waals surface area (Å²) in [6.07, 6.45) is 4.80. The van der Waals surface area contributed by atoms with Gasteiger partial charge in [0.2, 0.25) is 0 Å². The number of hydrogen-bond donors (Lipinski definition) is 0. The summed E-state index contributed by atoms with van der Waals surface area (Å²) in [7, 11) is 0. The van der Waals surface area contributed by atoms with Crippen molar-refractivity contribution in [2.75, 3.05) is 11.4 Å². The fourth-order valence-corrected chi connectivity index (χ4v) is 2.18. The van der Waals surface area contributed by atoms with Crippen molar-refractivity contribution in [3.63, 3.8) is 0 Å². The van der Waals surface area contributed by atoms with Gasteiger partial charge >= 0.3 is 0 Å². The summed E-state index contributed by atoms with van der Waals surface area (Å²) in [6.45, 7) is 3.17. The van der Waals surface area contributed by atoms with E-state index in [0.29, 0.717) is 0 Å². The van der Waals surface area contributed by atoms with Gasteiger partial charge < -0.3 is 4.90 Å². The van der Waals surface area contributed by atoms with Crippen molar-refractivity contribution in [1.82, 2.24) is 4.98 Å². The number of halogens is 1. The number of nitrogens with zero attached hydrogens (tertiary/aromatic N) is 2. The third-order valence-electron chi connectivity index (χ3n) is 2.52. The van der Waals surface area contributed by atoms with Crippen molar-refractivity contribution < 1.29 is 0 Å². The highest BCUT2D eigenvalue weighted by molar-refractivity contribution is 9.10. The molecule has 0 fully saturated rings. The Hall–Kier alpha value is -1.35. The standard InChI is InChI=1S/C14H15BrN2/c1-2-9-17(14-7-4-8-16-11-14)13-6-3-5-12(15)10-13/h3-8,10-11H,2,9H2,1H3. The van der Waals surface area contributed by atoms with Crippen LogP contribution in [0.25, 0.3) is 0 Å². The first kappa shape index (κ1) is 12.1. The minimum Gasteiger partial charge on any atom is -0.340 e. The number of hydrogen-bond acceptors (Lipinski definition) is 2. The van der Waals surface area contributed by atoms with E-state index in [1.54, 1.807) is 6.20 Å². The maximum absolute atomic E-state index is 4.18. The Morgan fingerprint density at radius 2 is 2.00 bits per heavy atom. The van der Waals surface area contributed by atoms with Crippen molar-refractivity contribution in [3.8, 4) is 0 Å². The first-order valence-corrected chi connectivity index (χ1v) is 6.53. The SMILES string of the molecule is CCCN(c1cccnc1)c1cccc(Br)c1. The lowest BCUT2D eigenvalue weighted by Crippen LogP contribution is -2.17. The Bertz CT molecular complexity index is 471. The van der Waals surface area contributed by atoms with Gasteiger partial charge in [0.25, 0.3) is 0 Å². The van der Waals surface area contributed by atoms with E-state index >= 15 is 0 Å². The summed E-state index contributed by atoms with van der Waals surface area (Å²) in [6, 6.07) is 12.4. The van der Waals surface area contributed by atoms with Gasteiger partial charge in [0, 0.05) is 22.9 Å². The second kappa shape index (κ2) is 5.82. The lowest BCUT2D eigenvalue weighted by Gasteiger charge is -2.24. The predicted molar refractivity (Wildman–Crippen MR) is 75.7 cm³/mol. The van der Waals surface area contributed by atoms with Crippen molar-refractivity contribution >= 4 is 27.3 Å². The van der Waals surface area contributed by atoms with E-state index < -0.39 is 0 Å². The van der Waals surface area contributed by atoms with Crippen LogP contribution in [0.4, 0.5) is 11.4 Å². The van der Waals surface area contributed by atoms with E-state index in [0.717, 1.165) is 23.1 Å². The number of rotatable bonds is 4. The average Bonchev–Trinajstić information content (AvgIpc) is 2.37. The van der Waals surface area contributed by atoms with Gasteiger partial charge in [0.05, 0.1) is 11.9 Å². The lowest BCUT2D eigenvalue weighted by atomic mass is 10.2. The van der Waals surface area contributed by atoms with Crippen molar-refractivity contribution in [2.24, 2.45) is 0 Å². The molecule has 0 aliphatic heterocycles. The summed E-state index contributed by atoms with van der Waals surface area (Å²) >= 11 is 3.51. The molecule has 0 radical (unpaired) electrons. The zero-order chi connectivity index (χ0) is 12.1. The van der Waals surface area contributed by atoms with E-state index in [4.69, 9.17) is 0 Å². The average molecular weight is 291 g/mol. The van der Waals surface area contributed by atoms with Crippen molar-refractivity contribution in [2.45, 2.75) is 13.3 Å². The molecule has 17 heavy (non-hydrogen) atoms. The fraction of sp³-hybridized carbons (Fsp3) is 0.214. The van der Waals surface area contributed by atoms with E-state index in [1.807, 2.05) is 18.3 Å². The second-order valence-electron chi connectivity index (χ2n) is 3.84. The molecule has 2 nitrogen and oxygen atoms in total. The van der Waals surface area contributed by atoms with Gasteiger partial charge in [-0.15, -0.1) is 0 Å². The molecule has 1 aromatic carbocycles. The van der Waals surface area contributed by atoms with E-state index in [1.165, 1.54) is 5.69 Å². The molecule has 0 N–H and O–H groups in total. The van der Waals surface area contributed by atoms with Crippen LogP contribution in [0.15, 0.2) is 53.3 Å². The molecule has 0 saturated carbocycles. The van der Waals surface area contributed by atoms with Gasteiger partial charge in [-0.25, -0.2) is 0 Å². The number of anilines is 2. The Morgan fingerprint density at radius 3 is 2.65 bits per heavy atom. The molecule has 88 valence electrons. The third-order valence-corrected chi connectivity index (χ3v) is 3.02. The molecule has 0 amide bonds. The minimum absolute atomic E-state index is 0.988. The van der Waals surface area contributed by atoms with Gasteiger partial charge in [-0.1, -0.05) is 28.9 Å². The molecule has 0 aliphatic rings. The minimum atomic E-state index is 0.988. The lowest BCUT2D eigenvalue weighted by molar-refractivity contribution is 0.883. The summed E-state index contributed by atoms with van der Waals surface area (Å²) < 4.78 is 1.10. The highest BCUT2D eigenvalue weighted by atomic mass is 79.9. The first-order chi connectivity index (χ1) is 8.31. The molecule has 3 heteroatoms. The van der Waals surface area contributed by atoms with Crippen LogP contribution in [0.1, 0.15) is 13.3 Å². The zero-order valence-electron chi connectivity index (χ0n) is 9.81. The van der Waals surface area contributed by atoms with Crippen LogP contribution < -0.4 is 4.90 Å². The van der Waals surface area contributed by atoms with Crippen LogP contribution in [0.5, 0.6) is 0 Å². The second-order valence-corrected chi connectivity index (χ2v) is 4.76. The van der Waals surface area contributed by atoms with Gasteiger partial charge in [0.1, 0.15) is 0 Å². The number of benzene rings is 1. The Morgan fingerprint density at radius 1 is 1.18 bits per heavy atom. The topological polar surface area (TPSA) is 16.1 Å². The quantitative estimate of drug-likeness (QED) is 0.830. The fourth-order valence-electron chi connectivity index (χ4n) is 1.79.